The number of benzene rings is 1. The number of rotatable bonds is 3. The number of aliphatic hydroxyl groups is 1. The van der Waals surface area contributed by atoms with Crippen LogP contribution in [0, 0.1) is 5.82 Å². The SMILES string of the molecule is COc1c(SC)cc(F)cc1C(C)(C)O. The Kier molecular flexibility index (Phi) is 3.62. The van der Waals surface area contributed by atoms with Gasteiger partial charge in [-0.05, 0) is 32.2 Å². The highest BCUT2D eigenvalue weighted by molar-refractivity contribution is 7.98. The van der Waals surface area contributed by atoms with Gasteiger partial charge in [-0.15, -0.1) is 11.8 Å². The Bertz CT molecular complexity index is 358. The van der Waals surface area contributed by atoms with Gasteiger partial charge in [0.05, 0.1) is 17.6 Å². The third-order valence-electron chi connectivity index (χ3n) is 2.10. The number of hydrogen-bond acceptors (Lipinski definition) is 3. The van der Waals surface area contributed by atoms with Crippen molar-refractivity contribution in [1.29, 1.82) is 0 Å². The normalized spacial score (nSPS) is 11.6. The molecule has 0 fully saturated rings. The molecule has 0 amide bonds. The van der Waals surface area contributed by atoms with Crippen LogP contribution in [-0.4, -0.2) is 18.5 Å². The lowest BCUT2D eigenvalue weighted by molar-refractivity contribution is 0.0748. The molecule has 1 rings (SSSR count). The molecule has 2 nitrogen and oxygen atoms in total. The molecule has 0 bridgehead atoms. The second kappa shape index (κ2) is 4.41. The first-order valence-corrected chi connectivity index (χ1v) is 5.77. The van der Waals surface area contributed by atoms with Crippen molar-refractivity contribution < 1.29 is 14.2 Å². The highest BCUT2D eigenvalue weighted by Crippen LogP contribution is 2.37. The van der Waals surface area contributed by atoms with E-state index in [0.29, 0.717) is 16.2 Å². The van der Waals surface area contributed by atoms with Gasteiger partial charge < -0.3 is 9.84 Å². The van der Waals surface area contributed by atoms with E-state index in [1.54, 1.807) is 13.8 Å². The number of thioether (sulfide) groups is 1. The van der Waals surface area contributed by atoms with Crippen molar-refractivity contribution in [3.63, 3.8) is 0 Å². The summed E-state index contributed by atoms with van der Waals surface area (Å²) in [4.78, 5) is 0.689. The summed E-state index contributed by atoms with van der Waals surface area (Å²) in [5.41, 5.74) is -0.646. The van der Waals surface area contributed by atoms with Gasteiger partial charge in [0.15, 0.2) is 0 Å². The smallest absolute Gasteiger partial charge is 0.138 e. The van der Waals surface area contributed by atoms with Gasteiger partial charge in [-0.2, -0.15) is 0 Å². The van der Waals surface area contributed by atoms with E-state index in [0.717, 1.165) is 0 Å². The lowest BCUT2D eigenvalue weighted by atomic mass is 9.97. The van der Waals surface area contributed by atoms with Crippen LogP contribution in [0.3, 0.4) is 0 Å². The number of ether oxygens (including phenoxy) is 1. The average Bonchev–Trinajstić information content (AvgIpc) is 2.15. The molecule has 0 atom stereocenters. The van der Waals surface area contributed by atoms with Crippen molar-refractivity contribution in [1.82, 2.24) is 0 Å². The third kappa shape index (κ3) is 2.63. The van der Waals surface area contributed by atoms with E-state index in [2.05, 4.69) is 0 Å². The molecule has 1 N–H and O–H groups in total. The van der Waals surface area contributed by atoms with Crippen LogP contribution >= 0.6 is 11.8 Å². The summed E-state index contributed by atoms with van der Waals surface area (Å²) in [6, 6.07) is 2.71. The predicted octanol–water partition coefficient (Wildman–Crippen LogP) is 2.78. The van der Waals surface area contributed by atoms with E-state index in [1.165, 1.54) is 31.0 Å². The minimum atomic E-state index is -1.11. The molecule has 0 aliphatic heterocycles. The van der Waals surface area contributed by atoms with E-state index in [-0.39, 0.29) is 5.82 Å². The lowest BCUT2D eigenvalue weighted by Gasteiger charge is -2.22. The molecule has 0 aromatic heterocycles. The quantitative estimate of drug-likeness (QED) is 0.810. The molecule has 15 heavy (non-hydrogen) atoms. The van der Waals surface area contributed by atoms with Crippen molar-refractivity contribution in [3.05, 3.63) is 23.5 Å². The van der Waals surface area contributed by atoms with Crippen LogP contribution in [-0.2, 0) is 5.60 Å². The first-order chi connectivity index (χ1) is 6.90. The van der Waals surface area contributed by atoms with Crippen molar-refractivity contribution in [2.45, 2.75) is 24.3 Å². The molecule has 84 valence electrons. The lowest BCUT2D eigenvalue weighted by Crippen LogP contribution is -2.17. The van der Waals surface area contributed by atoms with Gasteiger partial charge >= 0.3 is 0 Å². The number of methoxy groups -OCH3 is 1. The molecule has 0 aliphatic carbocycles. The molecule has 0 unspecified atom stereocenters. The summed E-state index contributed by atoms with van der Waals surface area (Å²) in [6.07, 6.45) is 1.84. The number of halogens is 1. The zero-order valence-electron chi connectivity index (χ0n) is 9.30. The van der Waals surface area contributed by atoms with E-state index in [4.69, 9.17) is 4.74 Å². The first kappa shape index (κ1) is 12.3. The molecule has 0 radical (unpaired) electrons. The monoisotopic (exact) mass is 230 g/mol. The Morgan fingerprint density at radius 1 is 1.40 bits per heavy atom. The van der Waals surface area contributed by atoms with Gasteiger partial charge in [-0.25, -0.2) is 4.39 Å². The molecular formula is C11H15FO2S. The standard InChI is InChI=1S/C11H15FO2S/c1-11(2,13)8-5-7(12)6-9(15-4)10(8)14-3/h5-6,13H,1-4H3. The number of hydrogen-bond donors (Lipinski definition) is 1. The largest absolute Gasteiger partial charge is 0.495 e. The maximum absolute atomic E-state index is 13.3. The van der Waals surface area contributed by atoms with E-state index in [1.807, 2.05) is 6.26 Å². The van der Waals surface area contributed by atoms with E-state index >= 15 is 0 Å². The fourth-order valence-electron chi connectivity index (χ4n) is 1.39. The molecule has 0 saturated carbocycles. The Labute approximate surface area is 93.5 Å². The van der Waals surface area contributed by atoms with Gasteiger partial charge in [-0.3, -0.25) is 0 Å². The zero-order chi connectivity index (χ0) is 11.6. The van der Waals surface area contributed by atoms with Crippen LogP contribution < -0.4 is 4.74 Å². The van der Waals surface area contributed by atoms with Crippen molar-refractivity contribution in [3.8, 4) is 5.75 Å². The second-order valence-electron chi connectivity index (χ2n) is 3.75. The molecule has 0 heterocycles. The molecule has 0 spiro atoms. The van der Waals surface area contributed by atoms with Crippen LogP contribution in [0.25, 0.3) is 0 Å². The van der Waals surface area contributed by atoms with Gasteiger partial charge in [0.1, 0.15) is 11.6 Å². The summed E-state index contributed by atoms with van der Waals surface area (Å²) in [5.74, 6) is 0.175. The first-order valence-electron chi connectivity index (χ1n) is 4.54. The summed E-state index contributed by atoms with van der Waals surface area (Å²) in [5, 5.41) is 9.89. The Hall–Kier alpha value is -0.740. The summed E-state index contributed by atoms with van der Waals surface area (Å²) >= 11 is 1.39. The third-order valence-corrected chi connectivity index (χ3v) is 2.85. The fraction of sp³-hybridized carbons (Fsp3) is 0.455. The Balaban J connectivity index is 3.42. The maximum atomic E-state index is 13.3. The van der Waals surface area contributed by atoms with Gasteiger partial charge in [0, 0.05) is 5.56 Å². The second-order valence-corrected chi connectivity index (χ2v) is 4.60. The molecule has 0 aliphatic rings. The summed E-state index contributed by atoms with van der Waals surface area (Å²) < 4.78 is 18.5. The Morgan fingerprint density at radius 2 is 2.00 bits per heavy atom. The van der Waals surface area contributed by atoms with Crippen LogP contribution in [0.2, 0.25) is 0 Å². The van der Waals surface area contributed by atoms with Gasteiger partial charge in [-0.1, -0.05) is 0 Å². The minimum absolute atomic E-state index is 0.364. The summed E-state index contributed by atoms with van der Waals surface area (Å²) in [6.45, 7) is 3.21. The average molecular weight is 230 g/mol. The molecule has 1 aromatic rings. The molecule has 4 heteroatoms. The van der Waals surface area contributed by atoms with Crippen LogP contribution in [0.4, 0.5) is 4.39 Å². The fourth-order valence-corrected chi connectivity index (χ4v) is 1.99. The van der Waals surface area contributed by atoms with Gasteiger partial charge in [0.25, 0.3) is 0 Å². The minimum Gasteiger partial charge on any atom is -0.495 e. The predicted molar refractivity (Wildman–Crippen MR) is 60.0 cm³/mol. The topological polar surface area (TPSA) is 29.5 Å². The maximum Gasteiger partial charge on any atom is 0.138 e. The van der Waals surface area contributed by atoms with E-state index < -0.39 is 5.60 Å². The van der Waals surface area contributed by atoms with Crippen LogP contribution in [0.5, 0.6) is 5.75 Å². The van der Waals surface area contributed by atoms with E-state index in [9.17, 15) is 9.50 Å². The highest BCUT2D eigenvalue weighted by atomic mass is 32.2. The highest BCUT2D eigenvalue weighted by Gasteiger charge is 2.24. The van der Waals surface area contributed by atoms with Crippen molar-refractivity contribution in [2.75, 3.05) is 13.4 Å². The van der Waals surface area contributed by atoms with Crippen LogP contribution in [0.1, 0.15) is 19.4 Å². The van der Waals surface area contributed by atoms with Crippen LogP contribution in [0.15, 0.2) is 17.0 Å². The van der Waals surface area contributed by atoms with Gasteiger partial charge in [0.2, 0.25) is 0 Å². The summed E-state index contributed by atoms with van der Waals surface area (Å²) in [7, 11) is 1.52. The molecular weight excluding hydrogens is 215 g/mol. The Morgan fingerprint density at radius 3 is 2.40 bits per heavy atom. The molecule has 1 aromatic carbocycles. The zero-order valence-corrected chi connectivity index (χ0v) is 10.1. The molecule has 0 saturated heterocycles. The van der Waals surface area contributed by atoms with Crippen molar-refractivity contribution >= 4 is 11.8 Å². The van der Waals surface area contributed by atoms with Crippen molar-refractivity contribution in [2.24, 2.45) is 0 Å².